The Balaban J connectivity index is 2.14. The van der Waals surface area contributed by atoms with Gasteiger partial charge in [-0.1, -0.05) is 0 Å². The quantitative estimate of drug-likeness (QED) is 0.787. The third kappa shape index (κ3) is 2.41. The molecule has 7 heteroatoms. The molecule has 0 aliphatic heterocycles. The molecule has 0 aromatic carbocycles. The number of carbonyl (C=O) groups is 1. The highest BCUT2D eigenvalue weighted by atomic mass is 32.1. The van der Waals surface area contributed by atoms with E-state index in [4.69, 9.17) is 5.73 Å². The van der Waals surface area contributed by atoms with Gasteiger partial charge in [-0.2, -0.15) is 5.10 Å². The second-order valence-electron chi connectivity index (χ2n) is 4.14. The summed E-state index contributed by atoms with van der Waals surface area (Å²) in [6, 6.07) is -0.161. The van der Waals surface area contributed by atoms with Gasteiger partial charge in [0.2, 0.25) is 0 Å². The van der Waals surface area contributed by atoms with Crippen molar-refractivity contribution >= 4 is 23.1 Å². The summed E-state index contributed by atoms with van der Waals surface area (Å²) >= 11 is 1.38. The number of hydrogen-bond donors (Lipinski definition) is 3. The lowest BCUT2D eigenvalue weighted by molar-refractivity contribution is 0.102. The summed E-state index contributed by atoms with van der Waals surface area (Å²) in [5.74, 6) is 0.264. The van der Waals surface area contributed by atoms with Gasteiger partial charge >= 0.3 is 0 Å². The molecule has 2 aromatic heterocycles. The topological polar surface area (TPSA) is 96.7 Å². The summed E-state index contributed by atoms with van der Waals surface area (Å²) in [7, 11) is 0. The standard InChI is InChI=1S/C11H15N5OS/c1-5-7(3)15-16-9(5)14-10(17)8-4-18-11(13-8)6(2)12/h4,6H,12H2,1-3H3,(H2,14,15,16,17). The van der Waals surface area contributed by atoms with Gasteiger partial charge in [-0.15, -0.1) is 11.3 Å². The number of rotatable bonds is 3. The Kier molecular flexibility index (Phi) is 3.44. The van der Waals surface area contributed by atoms with Crippen LogP contribution in [0.5, 0.6) is 0 Å². The van der Waals surface area contributed by atoms with Crippen LogP contribution >= 0.6 is 11.3 Å². The molecule has 0 bridgehead atoms. The number of hydrogen-bond acceptors (Lipinski definition) is 5. The number of nitrogens with two attached hydrogens (primary N) is 1. The maximum atomic E-state index is 11.9. The number of carbonyl (C=O) groups excluding carboxylic acids is 1. The van der Waals surface area contributed by atoms with Gasteiger partial charge in [0.05, 0.1) is 6.04 Å². The molecule has 0 aliphatic rings. The van der Waals surface area contributed by atoms with E-state index >= 15 is 0 Å². The van der Waals surface area contributed by atoms with Crippen LogP contribution in [0.2, 0.25) is 0 Å². The molecule has 96 valence electrons. The zero-order valence-electron chi connectivity index (χ0n) is 10.4. The average molecular weight is 265 g/mol. The minimum Gasteiger partial charge on any atom is -0.322 e. The number of H-pyrrole nitrogens is 1. The van der Waals surface area contributed by atoms with Crippen molar-refractivity contribution in [3.63, 3.8) is 0 Å². The Morgan fingerprint density at radius 2 is 2.28 bits per heavy atom. The van der Waals surface area contributed by atoms with Crippen molar-refractivity contribution in [2.75, 3.05) is 5.32 Å². The molecular weight excluding hydrogens is 250 g/mol. The third-order valence-electron chi connectivity index (χ3n) is 2.63. The van der Waals surface area contributed by atoms with Crippen LogP contribution in [-0.2, 0) is 0 Å². The van der Waals surface area contributed by atoms with Crippen molar-refractivity contribution in [3.05, 3.63) is 27.3 Å². The zero-order valence-corrected chi connectivity index (χ0v) is 11.3. The van der Waals surface area contributed by atoms with Crippen LogP contribution < -0.4 is 11.1 Å². The summed E-state index contributed by atoms with van der Waals surface area (Å²) in [6.45, 7) is 5.62. The number of aromatic amines is 1. The fraction of sp³-hybridized carbons (Fsp3) is 0.364. The van der Waals surface area contributed by atoms with E-state index in [1.165, 1.54) is 11.3 Å². The van der Waals surface area contributed by atoms with Gasteiger partial charge in [0, 0.05) is 16.6 Å². The SMILES string of the molecule is Cc1[nH]nc(NC(=O)c2csc(C(C)N)n2)c1C. The first-order valence-electron chi connectivity index (χ1n) is 5.53. The summed E-state index contributed by atoms with van der Waals surface area (Å²) in [4.78, 5) is 16.1. The molecule has 0 radical (unpaired) electrons. The lowest BCUT2D eigenvalue weighted by Crippen LogP contribution is -2.14. The van der Waals surface area contributed by atoms with E-state index in [9.17, 15) is 4.79 Å². The normalized spacial score (nSPS) is 12.4. The van der Waals surface area contributed by atoms with Crippen molar-refractivity contribution in [3.8, 4) is 0 Å². The van der Waals surface area contributed by atoms with Crippen molar-refractivity contribution in [1.82, 2.24) is 15.2 Å². The number of aromatic nitrogens is 3. The maximum absolute atomic E-state index is 11.9. The van der Waals surface area contributed by atoms with Crippen LogP contribution in [0.15, 0.2) is 5.38 Å². The number of nitrogens with one attached hydrogen (secondary N) is 2. The smallest absolute Gasteiger partial charge is 0.276 e. The largest absolute Gasteiger partial charge is 0.322 e. The Morgan fingerprint density at radius 1 is 1.56 bits per heavy atom. The monoisotopic (exact) mass is 265 g/mol. The minimum absolute atomic E-state index is 0.161. The third-order valence-corrected chi connectivity index (χ3v) is 3.67. The molecule has 2 heterocycles. The number of anilines is 1. The first-order chi connectivity index (χ1) is 8.49. The van der Waals surface area contributed by atoms with Gasteiger partial charge in [0.1, 0.15) is 10.7 Å². The Labute approximate surface area is 109 Å². The summed E-state index contributed by atoms with van der Waals surface area (Å²) < 4.78 is 0. The predicted molar refractivity (Wildman–Crippen MR) is 70.7 cm³/mol. The second-order valence-corrected chi connectivity index (χ2v) is 5.03. The molecule has 0 spiro atoms. The lowest BCUT2D eigenvalue weighted by Gasteiger charge is -2.00. The maximum Gasteiger partial charge on any atom is 0.276 e. The summed E-state index contributed by atoms with van der Waals surface area (Å²) in [5, 5.41) is 12.0. The van der Waals surface area contributed by atoms with E-state index in [-0.39, 0.29) is 11.9 Å². The molecule has 0 saturated carbocycles. The molecular formula is C11H15N5OS. The van der Waals surface area contributed by atoms with Crippen molar-refractivity contribution in [2.45, 2.75) is 26.8 Å². The van der Waals surface area contributed by atoms with E-state index in [2.05, 4.69) is 20.5 Å². The first-order valence-corrected chi connectivity index (χ1v) is 6.41. The molecule has 1 atom stereocenters. The highest BCUT2D eigenvalue weighted by Gasteiger charge is 2.15. The van der Waals surface area contributed by atoms with Gasteiger partial charge in [0.15, 0.2) is 5.82 Å². The van der Waals surface area contributed by atoms with Gasteiger partial charge in [-0.25, -0.2) is 4.98 Å². The highest BCUT2D eigenvalue weighted by molar-refractivity contribution is 7.09. The number of aryl methyl sites for hydroxylation is 1. The van der Waals surface area contributed by atoms with Gasteiger partial charge in [0.25, 0.3) is 5.91 Å². The number of thiazole rings is 1. The predicted octanol–water partition coefficient (Wildman–Crippen LogP) is 1.76. The molecule has 18 heavy (non-hydrogen) atoms. The van der Waals surface area contributed by atoms with Crippen LogP contribution in [0.1, 0.15) is 39.7 Å². The van der Waals surface area contributed by atoms with E-state index < -0.39 is 0 Å². The summed E-state index contributed by atoms with van der Waals surface area (Å²) in [6.07, 6.45) is 0. The Hall–Kier alpha value is -1.73. The van der Waals surface area contributed by atoms with E-state index in [1.807, 2.05) is 20.8 Å². The Bertz CT molecular complexity index is 572. The van der Waals surface area contributed by atoms with Crippen LogP contribution in [0.25, 0.3) is 0 Å². The zero-order chi connectivity index (χ0) is 13.3. The minimum atomic E-state index is -0.271. The number of nitrogens with zero attached hydrogens (tertiary/aromatic N) is 2. The van der Waals surface area contributed by atoms with Crippen LogP contribution in [0, 0.1) is 13.8 Å². The van der Waals surface area contributed by atoms with Gasteiger partial charge < -0.3 is 11.1 Å². The van der Waals surface area contributed by atoms with Crippen LogP contribution in [0.4, 0.5) is 5.82 Å². The first kappa shape index (κ1) is 12.7. The molecule has 2 aromatic rings. The molecule has 0 fully saturated rings. The molecule has 0 saturated heterocycles. The lowest BCUT2D eigenvalue weighted by atomic mass is 10.3. The molecule has 1 unspecified atom stereocenters. The second kappa shape index (κ2) is 4.87. The molecule has 0 aliphatic carbocycles. The van der Waals surface area contributed by atoms with Gasteiger partial charge in [-0.3, -0.25) is 9.89 Å². The van der Waals surface area contributed by atoms with Crippen molar-refractivity contribution < 1.29 is 4.79 Å². The molecule has 6 nitrogen and oxygen atoms in total. The molecule has 1 amide bonds. The van der Waals surface area contributed by atoms with Crippen LogP contribution in [0.3, 0.4) is 0 Å². The van der Waals surface area contributed by atoms with E-state index in [0.717, 1.165) is 16.3 Å². The van der Waals surface area contributed by atoms with Gasteiger partial charge in [-0.05, 0) is 20.8 Å². The van der Waals surface area contributed by atoms with Crippen molar-refractivity contribution in [1.29, 1.82) is 0 Å². The van der Waals surface area contributed by atoms with Crippen LogP contribution in [-0.4, -0.2) is 21.1 Å². The molecule has 2 rings (SSSR count). The van der Waals surface area contributed by atoms with E-state index in [1.54, 1.807) is 5.38 Å². The fourth-order valence-corrected chi connectivity index (χ4v) is 2.14. The summed E-state index contributed by atoms with van der Waals surface area (Å²) in [5.41, 5.74) is 7.93. The Morgan fingerprint density at radius 3 is 2.78 bits per heavy atom. The molecule has 4 N–H and O–H groups in total. The highest BCUT2D eigenvalue weighted by Crippen LogP contribution is 2.18. The number of amides is 1. The van der Waals surface area contributed by atoms with E-state index in [0.29, 0.717) is 11.5 Å². The average Bonchev–Trinajstić information content (AvgIpc) is 2.91. The fourth-order valence-electron chi connectivity index (χ4n) is 1.38. The van der Waals surface area contributed by atoms with Crippen molar-refractivity contribution in [2.24, 2.45) is 5.73 Å².